The molecule has 56 valence electrons. The highest BCUT2D eigenvalue weighted by Crippen LogP contribution is 2.20. The zero-order valence-corrected chi connectivity index (χ0v) is 7.10. The summed E-state index contributed by atoms with van der Waals surface area (Å²) >= 11 is 11.3. The van der Waals surface area contributed by atoms with Gasteiger partial charge in [-0.15, -0.1) is 11.6 Å². The summed E-state index contributed by atoms with van der Waals surface area (Å²) in [4.78, 5) is 0. The van der Waals surface area contributed by atoms with Gasteiger partial charge in [-0.05, 0) is 17.7 Å². The number of hydrogen-bond donors (Lipinski definition) is 0. The minimum atomic E-state index is -0.577. The van der Waals surface area contributed by atoms with Crippen LogP contribution in [0.3, 0.4) is 0 Å². The predicted octanol–water partition coefficient (Wildman–Crippen LogP) is 3.14. The van der Waals surface area contributed by atoms with E-state index < -0.39 is 5.38 Å². The first-order valence-corrected chi connectivity index (χ1v) is 3.84. The molecule has 0 N–H and O–H groups in total. The molecule has 0 fully saturated rings. The Morgan fingerprint density at radius 3 is 2.27 bits per heavy atom. The van der Waals surface area contributed by atoms with Crippen molar-refractivity contribution in [1.29, 1.82) is 5.26 Å². The van der Waals surface area contributed by atoms with E-state index >= 15 is 0 Å². The van der Waals surface area contributed by atoms with Gasteiger partial charge in [-0.25, -0.2) is 0 Å². The number of nitrogens with zero attached hydrogens (tertiary/aromatic N) is 1. The smallest absolute Gasteiger partial charge is 0.145 e. The van der Waals surface area contributed by atoms with Crippen LogP contribution in [0.5, 0.6) is 0 Å². The molecule has 1 rings (SSSR count). The lowest BCUT2D eigenvalue weighted by atomic mass is 10.2. The zero-order valence-electron chi connectivity index (χ0n) is 5.59. The van der Waals surface area contributed by atoms with Crippen LogP contribution in [-0.2, 0) is 0 Å². The van der Waals surface area contributed by atoms with Crippen LogP contribution in [0.4, 0.5) is 0 Å². The van der Waals surface area contributed by atoms with Crippen LogP contribution in [0, 0.1) is 11.3 Å². The van der Waals surface area contributed by atoms with E-state index in [1.807, 2.05) is 6.07 Å². The summed E-state index contributed by atoms with van der Waals surface area (Å²) in [6.07, 6.45) is 0. The summed E-state index contributed by atoms with van der Waals surface area (Å²) in [5.41, 5.74) is 0.776. The average Bonchev–Trinajstić information content (AvgIpc) is 2.05. The molecule has 0 unspecified atom stereocenters. The SMILES string of the molecule is N#C[C@H](Cl)c1ccc(Cl)cc1. The lowest BCUT2D eigenvalue weighted by Gasteiger charge is -1.98. The van der Waals surface area contributed by atoms with E-state index in [1.165, 1.54) is 0 Å². The summed E-state index contributed by atoms with van der Waals surface area (Å²) in [6.45, 7) is 0. The number of alkyl halides is 1. The van der Waals surface area contributed by atoms with Gasteiger partial charge in [-0.2, -0.15) is 5.26 Å². The first-order chi connectivity index (χ1) is 5.24. The molecule has 0 heterocycles. The van der Waals surface area contributed by atoms with Gasteiger partial charge in [0.25, 0.3) is 0 Å². The molecule has 0 bridgehead atoms. The predicted molar refractivity (Wildman–Crippen MR) is 45.7 cm³/mol. The van der Waals surface area contributed by atoms with Gasteiger partial charge in [0.05, 0.1) is 6.07 Å². The minimum absolute atomic E-state index is 0.577. The van der Waals surface area contributed by atoms with Crippen molar-refractivity contribution < 1.29 is 0 Å². The largest absolute Gasteiger partial charge is 0.196 e. The summed E-state index contributed by atoms with van der Waals surface area (Å²) in [7, 11) is 0. The topological polar surface area (TPSA) is 23.8 Å². The minimum Gasteiger partial charge on any atom is -0.196 e. The van der Waals surface area contributed by atoms with Gasteiger partial charge in [-0.3, -0.25) is 0 Å². The van der Waals surface area contributed by atoms with E-state index in [-0.39, 0.29) is 0 Å². The van der Waals surface area contributed by atoms with Crippen molar-refractivity contribution in [2.45, 2.75) is 5.38 Å². The second-order valence-corrected chi connectivity index (χ2v) is 2.92. The molecule has 0 amide bonds. The van der Waals surface area contributed by atoms with Crippen LogP contribution >= 0.6 is 23.2 Å². The molecule has 0 saturated carbocycles. The second-order valence-electron chi connectivity index (χ2n) is 2.04. The summed E-state index contributed by atoms with van der Waals surface area (Å²) in [6, 6.07) is 8.83. The Kier molecular flexibility index (Phi) is 2.76. The fourth-order valence-electron chi connectivity index (χ4n) is 0.706. The standard InChI is InChI=1S/C8H5Cl2N/c9-7-3-1-6(2-4-7)8(10)5-11/h1-4,8H/t8-/m0/s1. The number of halogens is 2. The molecule has 1 aromatic carbocycles. The van der Waals surface area contributed by atoms with E-state index in [0.717, 1.165) is 5.56 Å². The van der Waals surface area contributed by atoms with Crippen LogP contribution in [-0.4, -0.2) is 0 Å². The van der Waals surface area contributed by atoms with Gasteiger partial charge in [0.15, 0.2) is 0 Å². The summed E-state index contributed by atoms with van der Waals surface area (Å²) in [5.74, 6) is 0. The number of benzene rings is 1. The van der Waals surface area contributed by atoms with Gasteiger partial charge in [0.2, 0.25) is 0 Å². The third kappa shape index (κ3) is 2.11. The van der Waals surface area contributed by atoms with Crippen LogP contribution in [0.2, 0.25) is 5.02 Å². The third-order valence-corrected chi connectivity index (χ3v) is 1.88. The van der Waals surface area contributed by atoms with Crippen LogP contribution in [0.1, 0.15) is 10.9 Å². The highest BCUT2D eigenvalue weighted by Gasteiger charge is 2.03. The van der Waals surface area contributed by atoms with Crippen molar-refractivity contribution in [3.8, 4) is 6.07 Å². The normalized spacial score (nSPS) is 12.1. The van der Waals surface area contributed by atoms with E-state index in [0.29, 0.717) is 5.02 Å². The lowest BCUT2D eigenvalue weighted by Crippen LogP contribution is -1.83. The Hall–Kier alpha value is -0.710. The first-order valence-electron chi connectivity index (χ1n) is 3.03. The molecule has 0 aliphatic carbocycles. The fourth-order valence-corrected chi connectivity index (χ4v) is 0.978. The zero-order chi connectivity index (χ0) is 8.27. The van der Waals surface area contributed by atoms with E-state index in [9.17, 15) is 0 Å². The Balaban J connectivity index is 2.92. The number of rotatable bonds is 1. The van der Waals surface area contributed by atoms with E-state index in [2.05, 4.69) is 0 Å². The van der Waals surface area contributed by atoms with Crippen molar-refractivity contribution in [3.63, 3.8) is 0 Å². The highest BCUT2D eigenvalue weighted by atomic mass is 35.5. The van der Waals surface area contributed by atoms with Crippen LogP contribution in [0.15, 0.2) is 24.3 Å². The summed E-state index contributed by atoms with van der Waals surface area (Å²) in [5, 5.41) is 8.51. The van der Waals surface area contributed by atoms with Gasteiger partial charge in [0, 0.05) is 5.02 Å². The van der Waals surface area contributed by atoms with Crippen molar-refractivity contribution in [2.24, 2.45) is 0 Å². The molecule has 0 radical (unpaired) electrons. The summed E-state index contributed by atoms with van der Waals surface area (Å²) < 4.78 is 0. The Bertz CT molecular complexity index is 273. The van der Waals surface area contributed by atoms with Crippen molar-refractivity contribution in [1.82, 2.24) is 0 Å². The maximum Gasteiger partial charge on any atom is 0.145 e. The lowest BCUT2D eigenvalue weighted by molar-refractivity contribution is 1.21. The number of hydrogen-bond acceptors (Lipinski definition) is 1. The monoisotopic (exact) mass is 185 g/mol. The quantitative estimate of drug-likeness (QED) is 0.618. The molecule has 0 saturated heterocycles. The Labute approximate surface area is 75.2 Å². The molecular weight excluding hydrogens is 181 g/mol. The van der Waals surface area contributed by atoms with Gasteiger partial charge in [0.1, 0.15) is 5.38 Å². The highest BCUT2D eigenvalue weighted by molar-refractivity contribution is 6.30. The maximum atomic E-state index is 8.44. The molecule has 0 aliphatic rings. The molecule has 0 aromatic heterocycles. The first kappa shape index (κ1) is 8.39. The van der Waals surface area contributed by atoms with Gasteiger partial charge < -0.3 is 0 Å². The molecule has 1 nitrogen and oxygen atoms in total. The Morgan fingerprint density at radius 2 is 1.82 bits per heavy atom. The fraction of sp³-hybridized carbons (Fsp3) is 0.125. The second kappa shape index (κ2) is 3.61. The van der Waals surface area contributed by atoms with E-state index in [1.54, 1.807) is 24.3 Å². The molecule has 11 heavy (non-hydrogen) atoms. The average molecular weight is 186 g/mol. The van der Waals surface area contributed by atoms with Gasteiger partial charge in [-0.1, -0.05) is 23.7 Å². The molecule has 0 spiro atoms. The molecule has 3 heteroatoms. The molecule has 0 aliphatic heterocycles. The maximum absolute atomic E-state index is 8.44. The molecule has 1 aromatic rings. The van der Waals surface area contributed by atoms with Crippen molar-refractivity contribution in [2.75, 3.05) is 0 Å². The van der Waals surface area contributed by atoms with Gasteiger partial charge >= 0.3 is 0 Å². The Morgan fingerprint density at radius 1 is 1.27 bits per heavy atom. The van der Waals surface area contributed by atoms with Crippen molar-refractivity contribution >= 4 is 23.2 Å². The molecular formula is C8H5Cl2N. The van der Waals surface area contributed by atoms with E-state index in [4.69, 9.17) is 28.5 Å². The third-order valence-electron chi connectivity index (χ3n) is 1.28. The number of nitriles is 1. The van der Waals surface area contributed by atoms with Crippen LogP contribution in [0.25, 0.3) is 0 Å². The van der Waals surface area contributed by atoms with Crippen LogP contribution < -0.4 is 0 Å². The van der Waals surface area contributed by atoms with Crippen molar-refractivity contribution in [3.05, 3.63) is 34.9 Å². The molecule has 1 atom stereocenters.